The Kier molecular flexibility index (Phi) is 3.41. The molecule has 118 valence electrons. The molecule has 5 heteroatoms. The average molecular weight is 308 g/mol. The van der Waals surface area contributed by atoms with E-state index in [0.29, 0.717) is 6.42 Å². The summed E-state index contributed by atoms with van der Waals surface area (Å²) in [6, 6.07) is 8.27. The van der Waals surface area contributed by atoms with E-state index < -0.39 is 0 Å². The van der Waals surface area contributed by atoms with Crippen LogP contribution < -0.4 is 5.32 Å². The van der Waals surface area contributed by atoms with E-state index in [1.807, 2.05) is 31.3 Å². The molecular weight excluding hydrogens is 288 g/mol. The van der Waals surface area contributed by atoms with Crippen LogP contribution in [-0.4, -0.2) is 26.5 Å². The monoisotopic (exact) mass is 308 g/mol. The molecule has 0 saturated carbocycles. The van der Waals surface area contributed by atoms with E-state index in [2.05, 4.69) is 32.1 Å². The Balaban J connectivity index is 1.43. The van der Waals surface area contributed by atoms with Crippen molar-refractivity contribution in [2.24, 2.45) is 0 Å². The van der Waals surface area contributed by atoms with E-state index in [-0.39, 0.29) is 11.9 Å². The molecule has 1 atom stereocenters. The predicted molar refractivity (Wildman–Crippen MR) is 89.2 cm³/mol. The summed E-state index contributed by atoms with van der Waals surface area (Å²) in [5, 5.41) is 4.29. The van der Waals surface area contributed by atoms with Gasteiger partial charge in [0.25, 0.3) is 0 Å². The summed E-state index contributed by atoms with van der Waals surface area (Å²) in [7, 11) is 0. The highest BCUT2D eigenvalue weighted by molar-refractivity contribution is 5.88. The maximum atomic E-state index is 12.4. The number of aromatic amines is 1. The summed E-state index contributed by atoms with van der Waals surface area (Å²) >= 11 is 0. The number of carbonyl (C=O) groups excluding carboxylic acids is 1. The number of benzene rings is 1. The molecule has 1 aliphatic heterocycles. The Morgan fingerprint density at radius 3 is 3.22 bits per heavy atom. The zero-order chi connectivity index (χ0) is 15.8. The highest BCUT2D eigenvalue weighted by Gasteiger charge is 2.21. The topological polar surface area (TPSA) is 62.7 Å². The number of para-hydroxylation sites is 1. The number of imidazole rings is 1. The third-order valence-electron chi connectivity index (χ3n) is 4.50. The molecule has 3 aromatic rings. The smallest absolute Gasteiger partial charge is 0.224 e. The maximum Gasteiger partial charge on any atom is 0.224 e. The first-order valence-corrected chi connectivity index (χ1v) is 8.06. The van der Waals surface area contributed by atoms with Gasteiger partial charge in [0.1, 0.15) is 5.82 Å². The Hall–Kier alpha value is -2.56. The summed E-state index contributed by atoms with van der Waals surface area (Å²) < 4.78 is 2.16. The van der Waals surface area contributed by atoms with Crippen LogP contribution in [0, 0.1) is 6.92 Å². The predicted octanol–water partition coefficient (Wildman–Crippen LogP) is 2.35. The number of nitrogens with one attached hydrogen (secondary N) is 2. The normalized spacial score (nSPS) is 17.2. The van der Waals surface area contributed by atoms with Crippen molar-refractivity contribution in [3.05, 3.63) is 53.7 Å². The zero-order valence-corrected chi connectivity index (χ0v) is 13.2. The molecule has 5 nitrogen and oxygen atoms in total. The van der Waals surface area contributed by atoms with E-state index in [1.165, 1.54) is 0 Å². The van der Waals surface area contributed by atoms with Gasteiger partial charge in [0.05, 0.1) is 12.1 Å². The van der Waals surface area contributed by atoms with Crippen LogP contribution in [0.3, 0.4) is 0 Å². The Morgan fingerprint density at radius 2 is 2.30 bits per heavy atom. The molecule has 0 aliphatic carbocycles. The molecule has 23 heavy (non-hydrogen) atoms. The number of nitrogens with zero attached hydrogens (tertiary/aromatic N) is 2. The number of hydrogen-bond acceptors (Lipinski definition) is 2. The fraction of sp³-hybridized carbons (Fsp3) is 0.333. The van der Waals surface area contributed by atoms with Crippen LogP contribution in [0.25, 0.3) is 10.9 Å². The lowest BCUT2D eigenvalue weighted by molar-refractivity contribution is -0.121. The Morgan fingerprint density at radius 1 is 1.43 bits per heavy atom. The fourth-order valence-electron chi connectivity index (χ4n) is 3.43. The van der Waals surface area contributed by atoms with Crippen molar-refractivity contribution >= 4 is 16.8 Å². The number of H-pyrrole nitrogens is 1. The Bertz CT molecular complexity index is 861. The second kappa shape index (κ2) is 5.57. The molecule has 1 amide bonds. The number of amides is 1. The average Bonchev–Trinajstić information content (AvgIpc) is 3.10. The Labute approximate surface area is 134 Å². The maximum absolute atomic E-state index is 12.4. The van der Waals surface area contributed by atoms with Crippen molar-refractivity contribution < 1.29 is 4.79 Å². The lowest BCUT2D eigenvalue weighted by Crippen LogP contribution is -2.41. The molecule has 2 aromatic heterocycles. The molecule has 0 fully saturated rings. The van der Waals surface area contributed by atoms with Crippen LogP contribution in [0.5, 0.6) is 0 Å². The standard InChI is InChI=1S/C18H20N4O/c1-12-10-22-11-14(6-7-17(22)20-12)21-18(23)8-13-9-19-16-5-3-2-4-15(13)16/h2-5,9-10,14,19H,6-8,11H2,1H3,(H,21,23)/t14-/m1/s1. The minimum Gasteiger partial charge on any atom is -0.361 e. The quantitative estimate of drug-likeness (QED) is 0.780. The van der Waals surface area contributed by atoms with Gasteiger partial charge in [0, 0.05) is 42.3 Å². The molecular formula is C18H20N4O. The molecule has 0 bridgehead atoms. The van der Waals surface area contributed by atoms with E-state index >= 15 is 0 Å². The number of carbonyl (C=O) groups is 1. The molecule has 1 aromatic carbocycles. The molecule has 0 unspecified atom stereocenters. The van der Waals surface area contributed by atoms with Gasteiger partial charge >= 0.3 is 0 Å². The minimum atomic E-state index is 0.0834. The molecule has 0 saturated heterocycles. The number of fused-ring (bicyclic) bond motifs is 2. The van der Waals surface area contributed by atoms with Crippen molar-refractivity contribution in [1.82, 2.24) is 19.9 Å². The van der Waals surface area contributed by atoms with Gasteiger partial charge in [0.2, 0.25) is 5.91 Å². The summed E-state index contributed by atoms with van der Waals surface area (Å²) in [6.45, 7) is 2.83. The summed E-state index contributed by atoms with van der Waals surface area (Å²) in [5.41, 5.74) is 3.17. The van der Waals surface area contributed by atoms with Gasteiger partial charge in [-0.2, -0.15) is 0 Å². The first-order chi connectivity index (χ1) is 11.2. The van der Waals surface area contributed by atoms with Gasteiger partial charge < -0.3 is 14.9 Å². The van der Waals surface area contributed by atoms with Crippen molar-refractivity contribution in [1.29, 1.82) is 0 Å². The highest BCUT2D eigenvalue weighted by Crippen LogP contribution is 2.19. The van der Waals surface area contributed by atoms with Gasteiger partial charge in [-0.3, -0.25) is 4.79 Å². The minimum absolute atomic E-state index is 0.0834. The first kappa shape index (κ1) is 14.1. The third kappa shape index (κ3) is 2.74. The first-order valence-electron chi connectivity index (χ1n) is 8.06. The van der Waals surface area contributed by atoms with E-state index in [0.717, 1.165) is 47.4 Å². The molecule has 1 aliphatic rings. The van der Waals surface area contributed by atoms with Crippen LogP contribution in [-0.2, 0) is 24.2 Å². The van der Waals surface area contributed by atoms with Crippen LogP contribution in [0.15, 0.2) is 36.7 Å². The highest BCUT2D eigenvalue weighted by atomic mass is 16.1. The number of hydrogen-bond donors (Lipinski definition) is 2. The van der Waals surface area contributed by atoms with E-state index in [4.69, 9.17) is 0 Å². The summed E-state index contributed by atoms with van der Waals surface area (Å²) in [5.74, 6) is 1.21. The third-order valence-corrected chi connectivity index (χ3v) is 4.50. The van der Waals surface area contributed by atoms with Crippen LogP contribution >= 0.6 is 0 Å². The molecule has 0 radical (unpaired) electrons. The molecule has 3 heterocycles. The van der Waals surface area contributed by atoms with Gasteiger partial charge in [-0.05, 0) is 25.0 Å². The van der Waals surface area contributed by atoms with Gasteiger partial charge in [-0.15, -0.1) is 0 Å². The van der Waals surface area contributed by atoms with Crippen LogP contribution in [0.2, 0.25) is 0 Å². The van der Waals surface area contributed by atoms with E-state index in [1.54, 1.807) is 0 Å². The van der Waals surface area contributed by atoms with Gasteiger partial charge in [-0.25, -0.2) is 4.98 Å². The molecule has 2 N–H and O–H groups in total. The van der Waals surface area contributed by atoms with Crippen LogP contribution in [0.4, 0.5) is 0 Å². The zero-order valence-electron chi connectivity index (χ0n) is 13.2. The summed E-state index contributed by atoms with van der Waals surface area (Å²) in [6.07, 6.45) is 6.29. The van der Waals surface area contributed by atoms with Gasteiger partial charge in [0.15, 0.2) is 0 Å². The molecule has 4 rings (SSSR count). The van der Waals surface area contributed by atoms with Crippen LogP contribution in [0.1, 0.15) is 23.5 Å². The number of rotatable bonds is 3. The van der Waals surface area contributed by atoms with Crippen molar-refractivity contribution in [2.45, 2.75) is 38.8 Å². The lowest BCUT2D eigenvalue weighted by Gasteiger charge is -2.24. The van der Waals surface area contributed by atoms with Crippen molar-refractivity contribution in [3.63, 3.8) is 0 Å². The molecule has 0 spiro atoms. The number of aromatic nitrogens is 3. The van der Waals surface area contributed by atoms with Crippen molar-refractivity contribution in [3.8, 4) is 0 Å². The number of aryl methyl sites for hydroxylation is 2. The van der Waals surface area contributed by atoms with Gasteiger partial charge in [-0.1, -0.05) is 18.2 Å². The second-order valence-corrected chi connectivity index (χ2v) is 6.29. The lowest BCUT2D eigenvalue weighted by atomic mass is 10.1. The summed E-state index contributed by atoms with van der Waals surface area (Å²) in [4.78, 5) is 20.1. The fourth-order valence-corrected chi connectivity index (χ4v) is 3.43. The SMILES string of the molecule is Cc1cn2c(n1)CC[C@@H](NC(=O)Cc1c[nH]c3ccccc13)C2. The largest absolute Gasteiger partial charge is 0.361 e. The van der Waals surface area contributed by atoms with Crippen molar-refractivity contribution in [2.75, 3.05) is 0 Å². The second-order valence-electron chi connectivity index (χ2n) is 6.29. The van der Waals surface area contributed by atoms with E-state index in [9.17, 15) is 4.79 Å².